The van der Waals surface area contributed by atoms with Crippen molar-refractivity contribution in [2.75, 3.05) is 46.9 Å². The average molecular weight is 438 g/mol. The van der Waals surface area contributed by atoms with Crippen molar-refractivity contribution in [2.24, 2.45) is 0 Å². The monoisotopic (exact) mass is 437 g/mol. The minimum absolute atomic E-state index is 0.0648. The van der Waals surface area contributed by atoms with Gasteiger partial charge in [-0.1, -0.05) is 24.3 Å². The van der Waals surface area contributed by atoms with Gasteiger partial charge in [-0.25, -0.2) is 0 Å². The Kier molecular flexibility index (Phi) is 7.66. The number of nitrogens with zero attached hydrogens (tertiary/aromatic N) is 2. The van der Waals surface area contributed by atoms with Crippen LogP contribution < -0.4 is 14.8 Å². The summed E-state index contributed by atoms with van der Waals surface area (Å²) in [4.78, 5) is 18.1. The number of amides is 1. The molecule has 1 atom stereocenters. The van der Waals surface area contributed by atoms with Crippen LogP contribution in [-0.4, -0.2) is 68.7 Å². The maximum absolute atomic E-state index is 13.2. The second-order valence-electron chi connectivity index (χ2n) is 8.82. The summed E-state index contributed by atoms with van der Waals surface area (Å²) in [5, 5.41) is 3.29. The molecule has 0 saturated carbocycles. The zero-order chi connectivity index (χ0) is 22.3. The lowest BCUT2D eigenvalue weighted by Gasteiger charge is -2.29. The molecule has 6 heteroatoms. The van der Waals surface area contributed by atoms with E-state index >= 15 is 0 Å². The van der Waals surface area contributed by atoms with Crippen LogP contribution in [0, 0.1) is 0 Å². The summed E-state index contributed by atoms with van der Waals surface area (Å²) < 4.78 is 10.6. The van der Waals surface area contributed by atoms with Crippen LogP contribution in [0.4, 0.5) is 0 Å². The molecular weight excluding hydrogens is 402 g/mol. The fraction of sp³-hybridized carbons (Fsp3) is 0.500. The molecule has 0 spiro atoms. The molecule has 1 amide bonds. The van der Waals surface area contributed by atoms with E-state index in [2.05, 4.69) is 15.1 Å². The van der Waals surface area contributed by atoms with Crippen LogP contribution in [0.15, 0.2) is 48.5 Å². The highest BCUT2D eigenvalue weighted by Crippen LogP contribution is 2.26. The third-order valence-corrected chi connectivity index (χ3v) is 6.72. The fourth-order valence-electron chi connectivity index (χ4n) is 4.92. The van der Waals surface area contributed by atoms with E-state index in [1.54, 1.807) is 14.2 Å². The van der Waals surface area contributed by atoms with Gasteiger partial charge in [-0.3, -0.25) is 9.69 Å². The molecule has 2 aromatic carbocycles. The van der Waals surface area contributed by atoms with E-state index in [9.17, 15) is 4.79 Å². The first kappa shape index (κ1) is 22.6. The SMILES string of the molecule is COc1ccc(C(NC(=O)CN2CCCC2CN2CCCC2)c2ccc(OC)cc2)cc1. The molecule has 0 aromatic heterocycles. The van der Waals surface area contributed by atoms with Crippen molar-refractivity contribution in [3.05, 3.63) is 59.7 Å². The molecule has 2 aliphatic heterocycles. The van der Waals surface area contributed by atoms with Gasteiger partial charge in [0.2, 0.25) is 5.91 Å². The topological polar surface area (TPSA) is 54.0 Å². The van der Waals surface area contributed by atoms with Gasteiger partial charge in [-0.05, 0) is 80.7 Å². The molecule has 2 heterocycles. The molecule has 0 radical (unpaired) electrons. The standard InChI is InChI=1S/C26H35N3O3/c1-31-23-11-7-20(8-12-23)26(21-9-13-24(32-2)14-10-21)27-25(30)19-29-17-5-6-22(29)18-28-15-3-4-16-28/h7-14,22,26H,3-6,15-19H2,1-2H3,(H,27,30). The van der Waals surface area contributed by atoms with E-state index in [1.807, 2.05) is 48.5 Å². The van der Waals surface area contributed by atoms with E-state index < -0.39 is 0 Å². The predicted octanol–water partition coefficient (Wildman–Crippen LogP) is 3.47. The second kappa shape index (κ2) is 10.8. The smallest absolute Gasteiger partial charge is 0.234 e. The maximum Gasteiger partial charge on any atom is 0.234 e. The van der Waals surface area contributed by atoms with E-state index in [0.717, 1.165) is 35.7 Å². The first-order chi connectivity index (χ1) is 15.7. The lowest BCUT2D eigenvalue weighted by atomic mass is 9.98. The van der Waals surface area contributed by atoms with Gasteiger partial charge in [0.25, 0.3) is 0 Å². The van der Waals surface area contributed by atoms with Crippen LogP contribution in [0.1, 0.15) is 42.9 Å². The molecule has 32 heavy (non-hydrogen) atoms. The first-order valence-electron chi connectivity index (χ1n) is 11.7. The Morgan fingerprint density at radius 1 is 0.906 bits per heavy atom. The molecular formula is C26H35N3O3. The molecule has 4 rings (SSSR count). The van der Waals surface area contributed by atoms with E-state index in [-0.39, 0.29) is 11.9 Å². The van der Waals surface area contributed by atoms with Gasteiger partial charge >= 0.3 is 0 Å². The number of hydrogen-bond donors (Lipinski definition) is 1. The van der Waals surface area contributed by atoms with Gasteiger partial charge in [-0.2, -0.15) is 0 Å². The molecule has 2 aliphatic rings. The van der Waals surface area contributed by atoms with Crippen molar-refractivity contribution in [2.45, 2.75) is 37.8 Å². The van der Waals surface area contributed by atoms with Crippen LogP contribution in [-0.2, 0) is 4.79 Å². The first-order valence-corrected chi connectivity index (χ1v) is 11.7. The lowest BCUT2D eigenvalue weighted by molar-refractivity contribution is -0.123. The van der Waals surface area contributed by atoms with Crippen LogP contribution in [0.5, 0.6) is 11.5 Å². The number of rotatable bonds is 9. The normalized spacial score (nSPS) is 19.4. The van der Waals surface area contributed by atoms with Gasteiger partial charge in [0.1, 0.15) is 11.5 Å². The Bertz CT molecular complexity index is 815. The quantitative estimate of drug-likeness (QED) is 0.651. The van der Waals surface area contributed by atoms with E-state index in [1.165, 1.54) is 38.8 Å². The maximum atomic E-state index is 13.2. The lowest BCUT2D eigenvalue weighted by Crippen LogP contribution is -2.45. The molecule has 0 bridgehead atoms. The number of benzene rings is 2. The molecule has 2 saturated heterocycles. The molecule has 1 N–H and O–H groups in total. The Morgan fingerprint density at radius 2 is 1.47 bits per heavy atom. The zero-order valence-electron chi connectivity index (χ0n) is 19.3. The summed E-state index contributed by atoms with van der Waals surface area (Å²) in [6, 6.07) is 16.1. The minimum atomic E-state index is -0.223. The van der Waals surface area contributed by atoms with Gasteiger partial charge in [0.05, 0.1) is 26.8 Å². The van der Waals surface area contributed by atoms with Crippen LogP contribution >= 0.6 is 0 Å². The summed E-state index contributed by atoms with van der Waals surface area (Å²) in [6.45, 7) is 4.94. The molecule has 6 nitrogen and oxygen atoms in total. The summed E-state index contributed by atoms with van der Waals surface area (Å²) >= 11 is 0. The van der Waals surface area contributed by atoms with Gasteiger partial charge in [0.15, 0.2) is 0 Å². The number of carbonyl (C=O) groups is 1. The third kappa shape index (κ3) is 5.61. The number of nitrogens with one attached hydrogen (secondary N) is 1. The number of ether oxygens (including phenoxy) is 2. The number of likely N-dealkylation sites (tertiary alicyclic amines) is 2. The largest absolute Gasteiger partial charge is 0.497 e. The highest BCUT2D eigenvalue weighted by atomic mass is 16.5. The Hall–Kier alpha value is -2.57. The van der Waals surface area contributed by atoms with Crippen molar-refractivity contribution in [3.63, 3.8) is 0 Å². The van der Waals surface area contributed by atoms with Gasteiger partial charge in [-0.15, -0.1) is 0 Å². The summed E-state index contributed by atoms with van der Waals surface area (Å²) in [5.74, 6) is 1.67. The van der Waals surface area contributed by atoms with Crippen LogP contribution in [0.2, 0.25) is 0 Å². The second-order valence-corrected chi connectivity index (χ2v) is 8.82. The zero-order valence-corrected chi connectivity index (χ0v) is 19.3. The third-order valence-electron chi connectivity index (χ3n) is 6.72. The Labute approximate surface area is 191 Å². The van der Waals surface area contributed by atoms with Gasteiger partial charge < -0.3 is 19.7 Å². The summed E-state index contributed by atoms with van der Waals surface area (Å²) in [7, 11) is 3.32. The molecule has 2 fully saturated rings. The molecule has 172 valence electrons. The summed E-state index contributed by atoms with van der Waals surface area (Å²) in [6.07, 6.45) is 4.97. The van der Waals surface area contributed by atoms with Gasteiger partial charge in [0, 0.05) is 12.6 Å². The Morgan fingerprint density at radius 3 is 2.00 bits per heavy atom. The number of carbonyl (C=O) groups excluding carboxylic acids is 1. The highest BCUT2D eigenvalue weighted by Gasteiger charge is 2.29. The van der Waals surface area contributed by atoms with Crippen LogP contribution in [0.3, 0.4) is 0 Å². The van der Waals surface area contributed by atoms with Crippen molar-refractivity contribution < 1.29 is 14.3 Å². The Balaban J connectivity index is 1.46. The predicted molar refractivity (Wildman–Crippen MR) is 126 cm³/mol. The molecule has 2 aromatic rings. The number of hydrogen-bond acceptors (Lipinski definition) is 5. The summed E-state index contributed by atoms with van der Waals surface area (Å²) in [5.41, 5.74) is 2.05. The van der Waals surface area contributed by atoms with Crippen LogP contribution in [0.25, 0.3) is 0 Å². The van der Waals surface area contributed by atoms with Crippen molar-refractivity contribution in [3.8, 4) is 11.5 Å². The van der Waals surface area contributed by atoms with Crippen molar-refractivity contribution in [1.29, 1.82) is 0 Å². The number of methoxy groups -OCH3 is 2. The van der Waals surface area contributed by atoms with Crippen molar-refractivity contribution in [1.82, 2.24) is 15.1 Å². The van der Waals surface area contributed by atoms with E-state index in [4.69, 9.17) is 9.47 Å². The fourth-order valence-corrected chi connectivity index (χ4v) is 4.92. The van der Waals surface area contributed by atoms with Crippen molar-refractivity contribution >= 4 is 5.91 Å². The molecule has 1 unspecified atom stereocenters. The highest BCUT2D eigenvalue weighted by molar-refractivity contribution is 5.79. The average Bonchev–Trinajstić information content (AvgIpc) is 3.50. The van der Waals surface area contributed by atoms with E-state index in [0.29, 0.717) is 12.6 Å². The minimum Gasteiger partial charge on any atom is -0.497 e. The molecule has 0 aliphatic carbocycles.